The first-order valence-corrected chi connectivity index (χ1v) is 5.16. The standard InChI is InChI=1S/C12H23N/c1-6-8-11(13-9-7-2)10-12(3,4)5/h1,11,13H,7-10H2,2-5H3. The fraction of sp³-hybridized carbons (Fsp3) is 0.833. The highest BCUT2D eigenvalue weighted by Gasteiger charge is 2.16. The van der Waals surface area contributed by atoms with Gasteiger partial charge in [-0.15, -0.1) is 12.3 Å². The lowest BCUT2D eigenvalue weighted by molar-refractivity contribution is 0.310. The fourth-order valence-electron chi connectivity index (χ4n) is 1.45. The van der Waals surface area contributed by atoms with Gasteiger partial charge < -0.3 is 5.32 Å². The highest BCUT2D eigenvalue weighted by atomic mass is 14.9. The van der Waals surface area contributed by atoms with Crippen molar-refractivity contribution in [1.29, 1.82) is 0 Å². The van der Waals surface area contributed by atoms with Gasteiger partial charge in [0.2, 0.25) is 0 Å². The fourth-order valence-corrected chi connectivity index (χ4v) is 1.45. The molecule has 0 spiro atoms. The van der Waals surface area contributed by atoms with Crippen LogP contribution in [0.25, 0.3) is 0 Å². The van der Waals surface area contributed by atoms with Crippen LogP contribution in [0.15, 0.2) is 0 Å². The number of terminal acetylenes is 1. The van der Waals surface area contributed by atoms with Crippen LogP contribution in [0.1, 0.15) is 47.0 Å². The zero-order valence-corrected chi connectivity index (χ0v) is 9.48. The minimum atomic E-state index is 0.363. The Labute approximate surface area is 83.3 Å². The van der Waals surface area contributed by atoms with Crippen molar-refractivity contribution in [3.8, 4) is 12.3 Å². The van der Waals surface area contributed by atoms with E-state index in [1.165, 1.54) is 6.42 Å². The van der Waals surface area contributed by atoms with E-state index in [-0.39, 0.29) is 0 Å². The quantitative estimate of drug-likeness (QED) is 0.643. The molecule has 0 aliphatic carbocycles. The maximum Gasteiger partial charge on any atom is 0.0240 e. The molecule has 1 heteroatoms. The van der Waals surface area contributed by atoms with Crippen molar-refractivity contribution in [3.05, 3.63) is 0 Å². The van der Waals surface area contributed by atoms with Crippen LogP contribution in [0.2, 0.25) is 0 Å². The Morgan fingerprint density at radius 1 is 1.38 bits per heavy atom. The SMILES string of the molecule is C#CCC(CC(C)(C)C)NCCC. The Morgan fingerprint density at radius 3 is 2.38 bits per heavy atom. The number of hydrogen-bond acceptors (Lipinski definition) is 1. The minimum Gasteiger partial charge on any atom is -0.313 e. The van der Waals surface area contributed by atoms with Gasteiger partial charge >= 0.3 is 0 Å². The van der Waals surface area contributed by atoms with Gasteiger partial charge in [0.15, 0.2) is 0 Å². The summed E-state index contributed by atoms with van der Waals surface area (Å²) >= 11 is 0. The first-order chi connectivity index (χ1) is 5.99. The van der Waals surface area contributed by atoms with Gasteiger partial charge in [0.25, 0.3) is 0 Å². The van der Waals surface area contributed by atoms with Crippen molar-refractivity contribution >= 4 is 0 Å². The molecule has 0 radical (unpaired) electrons. The van der Waals surface area contributed by atoms with Crippen LogP contribution < -0.4 is 5.32 Å². The van der Waals surface area contributed by atoms with E-state index in [0.29, 0.717) is 11.5 Å². The van der Waals surface area contributed by atoms with E-state index in [0.717, 1.165) is 19.4 Å². The Bertz CT molecular complexity index is 159. The monoisotopic (exact) mass is 181 g/mol. The van der Waals surface area contributed by atoms with Gasteiger partial charge in [-0.25, -0.2) is 0 Å². The topological polar surface area (TPSA) is 12.0 Å². The maximum absolute atomic E-state index is 5.33. The van der Waals surface area contributed by atoms with Crippen LogP contribution in [0.4, 0.5) is 0 Å². The molecule has 1 nitrogen and oxygen atoms in total. The molecule has 0 aromatic heterocycles. The number of rotatable bonds is 5. The Hall–Kier alpha value is -0.480. The van der Waals surface area contributed by atoms with Crippen LogP contribution in [0.5, 0.6) is 0 Å². The lowest BCUT2D eigenvalue weighted by Crippen LogP contribution is -2.33. The molecular weight excluding hydrogens is 158 g/mol. The van der Waals surface area contributed by atoms with Crippen LogP contribution in [-0.2, 0) is 0 Å². The van der Waals surface area contributed by atoms with Crippen molar-refractivity contribution in [2.45, 2.75) is 53.0 Å². The molecule has 76 valence electrons. The molecule has 1 N–H and O–H groups in total. The summed E-state index contributed by atoms with van der Waals surface area (Å²) in [6, 6.07) is 0.491. The Morgan fingerprint density at radius 2 is 2.00 bits per heavy atom. The molecule has 0 heterocycles. The van der Waals surface area contributed by atoms with Crippen molar-refractivity contribution in [2.24, 2.45) is 5.41 Å². The van der Waals surface area contributed by atoms with Gasteiger partial charge in [-0.2, -0.15) is 0 Å². The molecule has 0 aromatic carbocycles. The van der Waals surface area contributed by atoms with Crippen molar-refractivity contribution in [3.63, 3.8) is 0 Å². The third-order valence-corrected chi connectivity index (χ3v) is 1.91. The zero-order chi connectivity index (χ0) is 10.3. The van der Waals surface area contributed by atoms with Gasteiger partial charge in [-0.1, -0.05) is 27.7 Å². The highest BCUT2D eigenvalue weighted by Crippen LogP contribution is 2.21. The van der Waals surface area contributed by atoms with Gasteiger partial charge in [0.05, 0.1) is 0 Å². The summed E-state index contributed by atoms with van der Waals surface area (Å²) in [5.74, 6) is 2.74. The van der Waals surface area contributed by atoms with E-state index in [1.54, 1.807) is 0 Å². The van der Waals surface area contributed by atoms with E-state index < -0.39 is 0 Å². The third kappa shape index (κ3) is 7.87. The van der Waals surface area contributed by atoms with Gasteiger partial charge in [0, 0.05) is 12.5 Å². The molecule has 0 saturated carbocycles. The molecule has 0 rings (SSSR count). The Kier molecular flexibility index (Phi) is 5.82. The molecule has 0 saturated heterocycles. The van der Waals surface area contributed by atoms with Crippen LogP contribution in [0, 0.1) is 17.8 Å². The minimum absolute atomic E-state index is 0.363. The molecule has 0 amide bonds. The highest BCUT2D eigenvalue weighted by molar-refractivity contribution is 4.91. The zero-order valence-electron chi connectivity index (χ0n) is 9.48. The first-order valence-electron chi connectivity index (χ1n) is 5.16. The van der Waals surface area contributed by atoms with Crippen LogP contribution in [0.3, 0.4) is 0 Å². The van der Waals surface area contributed by atoms with E-state index in [2.05, 4.69) is 38.9 Å². The number of nitrogens with one attached hydrogen (secondary N) is 1. The second-order valence-corrected chi connectivity index (χ2v) is 4.82. The predicted octanol–water partition coefficient (Wildman–Crippen LogP) is 2.81. The second kappa shape index (κ2) is 6.05. The van der Waals surface area contributed by atoms with E-state index in [9.17, 15) is 0 Å². The summed E-state index contributed by atoms with van der Waals surface area (Å²) in [4.78, 5) is 0. The van der Waals surface area contributed by atoms with Gasteiger partial charge in [-0.3, -0.25) is 0 Å². The predicted molar refractivity (Wildman–Crippen MR) is 59.6 cm³/mol. The largest absolute Gasteiger partial charge is 0.313 e. The van der Waals surface area contributed by atoms with E-state index in [1.807, 2.05) is 0 Å². The summed E-state index contributed by atoms with van der Waals surface area (Å²) in [7, 11) is 0. The molecule has 0 aliphatic rings. The maximum atomic E-state index is 5.33. The third-order valence-electron chi connectivity index (χ3n) is 1.91. The van der Waals surface area contributed by atoms with Crippen molar-refractivity contribution < 1.29 is 0 Å². The average molecular weight is 181 g/mol. The summed E-state index contributed by atoms with van der Waals surface area (Å²) in [5.41, 5.74) is 0.363. The van der Waals surface area contributed by atoms with Gasteiger partial charge in [0.1, 0.15) is 0 Å². The lowest BCUT2D eigenvalue weighted by Gasteiger charge is -2.25. The lowest BCUT2D eigenvalue weighted by atomic mass is 9.87. The summed E-state index contributed by atoms with van der Waals surface area (Å²) in [5, 5.41) is 3.48. The molecule has 0 bridgehead atoms. The first kappa shape index (κ1) is 12.5. The molecule has 0 aromatic rings. The molecular formula is C12H23N. The Balaban J connectivity index is 3.88. The molecule has 0 fully saturated rings. The van der Waals surface area contributed by atoms with Crippen LogP contribution in [-0.4, -0.2) is 12.6 Å². The molecule has 13 heavy (non-hydrogen) atoms. The summed E-state index contributed by atoms with van der Waals surface area (Å²) < 4.78 is 0. The van der Waals surface area contributed by atoms with E-state index in [4.69, 9.17) is 6.42 Å². The summed E-state index contributed by atoms with van der Waals surface area (Å²) in [6.07, 6.45) is 8.50. The molecule has 1 unspecified atom stereocenters. The van der Waals surface area contributed by atoms with Gasteiger partial charge in [-0.05, 0) is 24.8 Å². The van der Waals surface area contributed by atoms with Crippen molar-refractivity contribution in [2.75, 3.05) is 6.54 Å². The average Bonchev–Trinajstić information content (AvgIpc) is 1.98. The van der Waals surface area contributed by atoms with E-state index >= 15 is 0 Å². The molecule has 1 atom stereocenters. The van der Waals surface area contributed by atoms with Crippen molar-refractivity contribution in [1.82, 2.24) is 5.32 Å². The normalized spacial score (nSPS) is 13.8. The smallest absolute Gasteiger partial charge is 0.0240 e. The number of hydrogen-bond donors (Lipinski definition) is 1. The van der Waals surface area contributed by atoms with Crippen LogP contribution >= 0.6 is 0 Å². The summed E-state index contributed by atoms with van der Waals surface area (Å²) in [6.45, 7) is 10.0. The molecule has 0 aliphatic heterocycles. The second-order valence-electron chi connectivity index (χ2n) is 4.82.